The van der Waals surface area contributed by atoms with Crippen LogP contribution in [-0.4, -0.2) is 40.4 Å². The van der Waals surface area contributed by atoms with Crippen molar-refractivity contribution in [1.29, 1.82) is 0 Å². The van der Waals surface area contributed by atoms with Crippen molar-refractivity contribution < 1.29 is 0 Å². The monoisotopic (exact) mass is 194 g/mol. The first-order valence-corrected chi connectivity index (χ1v) is 3.64. The van der Waals surface area contributed by atoms with E-state index in [2.05, 4.69) is 41.0 Å². The van der Waals surface area contributed by atoms with Gasteiger partial charge >= 0.3 is 11.9 Å². The summed E-state index contributed by atoms with van der Waals surface area (Å²) in [5.74, 6) is 0.305. The molecule has 0 aromatic carbocycles. The number of nitrogens with zero attached hydrogens (tertiary/aromatic N) is 10. The van der Waals surface area contributed by atoms with E-state index in [1.54, 1.807) is 14.1 Å². The van der Waals surface area contributed by atoms with E-state index >= 15 is 0 Å². The standard InChI is InChI=1S/C4H6N10/c1-13-9-3(7-11-13)5-6-4-8-12-14(2)10-4/h1-2H3/b6-5+. The van der Waals surface area contributed by atoms with E-state index in [4.69, 9.17) is 0 Å². The Morgan fingerprint density at radius 3 is 1.57 bits per heavy atom. The molecule has 72 valence electrons. The summed E-state index contributed by atoms with van der Waals surface area (Å²) in [7, 11) is 3.26. The van der Waals surface area contributed by atoms with Crippen molar-refractivity contribution in [3.8, 4) is 0 Å². The minimum absolute atomic E-state index is 0.153. The third-order valence-corrected chi connectivity index (χ3v) is 1.22. The van der Waals surface area contributed by atoms with Gasteiger partial charge in [-0.15, -0.1) is 20.4 Å². The van der Waals surface area contributed by atoms with E-state index in [1.165, 1.54) is 9.59 Å². The molecule has 0 aliphatic carbocycles. The molecule has 0 unspecified atom stereocenters. The quantitative estimate of drug-likeness (QED) is 0.575. The topological polar surface area (TPSA) is 112 Å². The number of azo groups is 1. The predicted octanol–water partition coefficient (Wildman–Crippen LogP) is -0.851. The van der Waals surface area contributed by atoms with Crippen molar-refractivity contribution in [2.24, 2.45) is 24.3 Å². The molecule has 0 aliphatic rings. The van der Waals surface area contributed by atoms with E-state index in [-0.39, 0.29) is 11.9 Å². The molecule has 0 radical (unpaired) electrons. The number of rotatable bonds is 2. The number of hydrogen-bond acceptors (Lipinski definition) is 8. The SMILES string of the molecule is Cn1nnc(/N=N/c2nnn(C)n2)n1. The molecule has 0 spiro atoms. The maximum Gasteiger partial charge on any atom is 0.307 e. The molecule has 0 bridgehead atoms. The Labute approximate surface area is 77.6 Å². The number of aryl methyl sites for hydroxylation is 2. The zero-order valence-electron chi connectivity index (χ0n) is 7.47. The molecule has 0 fully saturated rings. The van der Waals surface area contributed by atoms with Gasteiger partial charge in [0.05, 0.1) is 14.1 Å². The molecular weight excluding hydrogens is 188 g/mol. The lowest BCUT2D eigenvalue weighted by Gasteiger charge is -1.78. The van der Waals surface area contributed by atoms with E-state index in [0.717, 1.165) is 0 Å². The van der Waals surface area contributed by atoms with Crippen molar-refractivity contribution in [3.05, 3.63) is 0 Å². The second-order valence-electron chi connectivity index (χ2n) is 2.36. The van der Waals surface area contributed by atoms with Crippen LogP contribution < -0.4 is 0 Å². The van der Waals surface area contributed by atoms with Gasteiger partial charge in [-0.1, -0.05) is 10.2 Å². The molecule has 2 rings (SSSR count). The highest BCUT2D eigenvalue weighted by Crippen LogP contribution is 2.05. The van der Waals surface area contributed by atoms with Crippen molar-refractivity contribution in [2.75, 3.05) is 0 Å². The van der Waals surface area contributed by atoms with Gasteiger partial charge in [0.15, 0.2) is 0 Å². The Bertz CT molecular complexity index is 408. The average Bonchev–Trinajstić information content (AvgIpc) is 2.72. The molecule has 0 aliphatic heterocycles. The van der Waals surface area contributed by atoms with Gasteiger partial charge in [0.25, 0.3) is 0 Å². The van der Waals surface area contributed by atoms with Crippen molar-refractivity contribution in [2.45, 2.75) is 0 Å². The molecule has 10 heteroatoms. The smallest absolute Gasteiger partial charge is 0.165 e. The van der Waals surface area contributed by atoms with Gasteiger partial charge in [-0.3, -0.25) is 0 Å². The Kier molecular flexibility index (Phi) is 1.93. The molecule has 0 saturated carbocycles. The largest absolute Gasteiger partial charge is 0.307 e. The Morgan fingerprint density at radius 1 is 0.857 bits per heavy atom. The molecule has 2 aromatic rings. The summed E-state index contributed by atoms with van der Waals surface area (Å²) in [6, 6.07) is 0. The first-order chi connectivity index (χ1) is 6.74. The minimum atomic E-state index is 0.153. The molecule has 0 saturated heterocycles. The molecule has 2 heterocycles. The number of hydrogen-bond donors (Lipinski definition) is 0. The van der Waals surface area contributed by atoms with Crippen LogP contribution in [0.1, 0.15) is 0 Å². The van der Waals surface area contributed by atoms with Crippen LogP contribution in [0.15, 0.2) is 10.2 Å². The molecule has 10 nitrogen and oxygen atoms in total. The Balaban J connectivity index is 2.14. The zero-order valence-corrected chi connectivity index (χ0v) is 7.47. The normalized spacial score (nSPS) is 11.3. The molecule has 14 heavy (non-hydrogen) atoms. The van der Waals surface area contributed by atoms with Crippen LogP contribution in [0.3, 0.4) is 0 Å². The van der Waals surface area contributed by atoms with Crippen molar-refractivity contribution in [1.82, 2.24) is 40.4 Å². The summed E-state index contributed by atoms with van der Waals surface area (Å²) >= 11 is 0. The lowest BCUT2D eigenvalue weighted by molar-refractivity contribution is 0.629. The van der Waals surface area contributed by atoms with Crippen LogP contribution in [0.2, 0.25) is 0 Å². The van der Waals surface area contributed by atoms with Crippen LogP contribution in [0, 0.1) is 0 Å². The van der Waals surface area contributed by atoms with E-state index < -0.39 is 0 Å². The average molecular weight is 194 g/mol. The maximum absolute atomic E-state index is 3.78. The van der Waals surface area contributed by atoms with Gasteiger partial charge in [-0.25, -0.2) is 0 Å². The second kappa shape index (κ2) is 3.24. The van der Waals surface area contributed by atoms with E-state index in [0.29, 0.717) is 0 Å². The van der Waals surface area contributed by atoms with Gasteiger partial charge in [-0.05, 0) is 10.4 Å². The van der Waals surface area contributed by atoms with E-state index in [9.17, 15) is 0 Å². The summed E-state index contributed by atoms with van der Waals surface area (Å²) in [5, 5.41) is 29.2. The lowest BCUT2D eigenvalue weighted by Crippen LogP contribution is -1.91. The Morgan fingerprint density at radius 2 is 1.29 bits per heavy atom. The van der Waals surface area contributed by atoms with E-state index in [1.807, 2.05) is 0 Å². The highest BCUT2D eigenvalue weighted by atomic mass is 15.6. The fourth-order valence-electron chi connectivity index (χ4n) is 0.718. The van der Waals surface area contributed by atoms with Crippen LogP contribution >= 0.6 is 0 Å². The fourth-order valence-corrected chi connectivity index (χ4v) is 0.718. The molecular formula is C4H6N10. The van der Waals surface area contributed by atoms with Gasteiger partial charge in [0.1, 0.15) is 0 Å². The maximum atomic E-state index is 3.78. The lowest BCUT2D eigenvalue weighted by atomic mass is 11.1. The summed E-state index contributed by atoms with van der Waals surface area (Å²) in [6.45, 7) is 0. The fraction of sp³-hybridized carbons (Fsp3) is 0.500. The summed E-state index contributed by atoms with van der Waals surface area (Å²) in [5.41, 5.74) is 0. The molecule has 2 aromatic heterocycles. The molecule has 0 N–H and O–H groups in total. The number of aromatic nitrogens is 8. The predicted molar refractivity (Wildman–Crippen MR) is 41.8 cm³/mol. The third-order valence-electron chi connectivity index (χ3n) is 1.22. The summed E-state index contributed by atoms with van der Waals surface area (Å²) in [4.78, 5) is 2.55. The minimum Gasteiger partial charge on any atom is -0.165 e. The third kappa shape index (κ3) is 1.73. The van der Waals surface area contributed by atoms with Gasteiger partial charge < -0.3 is 0 Å². The van der Waals surface area contributed by atoms with Crippen LogP contribution in [-0.2, 0) is 14.1 Å². The Hall–Kier alpha value is -2.26. The zero-order chi connectivity index (χ0) is 9.97. The van der Waals surface area contributed by atoms with Crippen LogP contribution in [0.4, 0.5) is 11.9 Å². The first kappa shape index (κ1) is 8.34. The van der Waals surface area contributed by atoms with Crippen molar-refractivity contribution >= 4 is 11.9 Å². The second-order valence-corrected chi connectivity index (χ2v) is 2.36. The summed E-state index contributed by atoms with van der Waals surface area (Å²) < 4.78 is 0. The number of tetrazole rings is 2. The highest BCUT2D eigenvalue weighted by molar-refractivity contribution is 5.11. The molecule has 0 amide bonds. The van der Waals surface area contributed by atoms with Gasteiger partial charge in [0.2, 0.25) is 0 Å². The van der Waals surface area contributed by atoms with Crippen molar-refractivity contribution in [3.63, 3.8) is 0 Å². The molecule has 0 atom stereocenters. The van der Waals surface area contributed by atoms with Gasteiger partial charge in [-0.2, -0.15) is 9.59 Å². The van der Waals surface area contributed by atoms with Gasteiger partial charge in [0, 0.05) is 0 Å². The first-order valence-electron chi connectivity index (χ1n) is 3.64. The summed E-state index contributed by atoms with van der Waals surface area (Å²) in [6.07, 6.45) is 0. The van der Waals surface area contributed by atoms with Crippen LogP contribution in [0.25, 0.3) is 0 Å². The van der Waals surface area contributed by atoms with Crippen LogP contribution in [0.5, 0.6) is 0 Å². The highest BCUT2D eigenvalue weighted by Gasteiger charge is 1.99.